The van der Waals surface area contributed by atoms with Crippen molar-refractivity contribution in [1.82, 2.24) is 0 Å². The monoisotopic (exact) mass is 316 g/mol. The number of aliphatic imine (C=N–C) groups is 1. The first-order valence-corrected chi connectivity index (χ1v) is 7.19. The van der Waals surface area contributed by atoms with Crippen molar-refractivity contribution >= 4 is 29.5 Å². The first-order valence-electron chi connectivity index (χ1n) is 7.19. The van der Waals surface area contributed by atoms with E-state index in [2.05, 4.69) is 4.99 Å². The quantitative estimate of drug-likeness (QED) is 0.847. The molecule has 0 spiro atoms. The van der Waals surface area contributed by atoms with Gasteiger partial charge >= 0.3 is 11.9 Å². The van der Waals surface area contributed by atoms with Gasteiger partial charge in [-0.05, 0) is 39.0 Å². The van der Waals surface area contributed by atoms with Gasteiger partial charge in [-0.3, -0.25) is 0 Å². The maximum absolute atomic E-state index is 12.3. The number of benzene rings is 1. The van der Waals surface area contributed by atoms with E-state index in [1.165, 1.54) is 7.11 Å². The number of hydrogen-bond donors (Lipinski definition) is 1. The van der Waals surface area contributed by atoms with Crippen molar-refractivity contribution in [2.75, 3.05) is 7.11 Å². The van der Waals surface area contributed by atoms with Gasteiger partial charge in [0.25, 0.3) is 0 Å². The standard InChI is InChI=1S/C17H20N2O4/c1-17(2,3)23-16(21)12-7-10-5-6-11(15(20)22-4)8-13(10)19-14(18)9-12/h5-8H,9H2,1-4H3,(H2,18,19). The van der Waals surface area contributed by atoms with Crippen LogP contribution in [0.15, 0.2) is 28.8 Å². The maximum atomic E-state index is 12.3. The predicted octanol–water partition coefficient (Wildman–Crippen LogP) is 2.59. The number of carbonyl (C=O) groups is 2. The smallest absolute Gasteiger partial charge is 0.337 e. The van der Waals surface area contributed by atoms with Crippen LogP contribution >= 0.6 is 0 Å². The summed E-state index contributed by atoms with van der Waals surface area (Å²) in [7, 11) is 1.31. The van der Waals surface area contributed by atoms with E-state index in [0.717, 1.165) is 0 Å². The van der Waals surface area contributed by atoms with Crippen LogP contribution in [0, 0.1) is 0 Å². The summed E-state index contributed by atoms with van der Waals surface area (Å²) in [5, 5.41) is 0. The van der Waals surface area contributed by atoms with Crippen LogP contribution in [-0.2, 0) is 14.3 Å². The Morgan fingerprint density at radius 3 is 2.52 bits per heavy atom. The van der Waals surface area contributed by atoms with Crippen LogP contribution in [0.4, 0.5) is 5.69 Å². The van der Waals surface area contributed by atoms with Gasteiger partial charge in [0.1, 0.15) is 11.4 Å². The molecule has 1 aromatic carbocycles. The summed E-state index contributed by atoms with van der Waals surface area (Å²) in [6, 6.07) is 4.90. The van der Waals surface area contributed by atoms with Gasteiger partial charge in [-0.1, -0.05) is 6.07 Å². The molecule has 0 atom stereocenters. The summed E-state index contributed by atoms with van der Waals surface area (Å²) in [6.07, 6.45) is 1.88. The molecule has 1 aliphatic heterocycles. The molecule has 0 saturated heterocycles. The number of methoxy groups -OCH3 is 1. The van der Waals surface area contributed by atoms with Crippen molar-refractivity contribution in [3.63, 3.8) is 0 Å². The summed E-state index contributed by atoms with van der Waals surface area (Å²) >= 11 is 0. The van der Waals surface area contributed by atoms with Gasteiger partial charge in [-0.25, -0.2) is 14.6 Å². The van der Waals surface area contributed by atoms with E-state index in [0.29, 0.717) is 22.4 Å². The van der Waals surface area contributed by atoms with Crippen molar-refractivity contribution < 1.29 is 19.1 Å². The number of rotatable bonds is 2. The first kappa shape index (κ1) is 16.7. The highest BCUT2D eigenvalue weighted by molar-refractivity contribution is 6.03. The van der Waals surface area contributed by atoms with Gasteiger partial charge in [-0.15, -0.1) is 0 Å². The largest absolute Gasteiger partial charge is 0.465 e. The third-order valence-corrected chi connectivity index (χ3v) is 3.08. The third kappa shape index (κ3) is 4.18. The fourth-order valence-corrected chi connectivity index (χ4v) is 2.11. The zero-order valence-corrected chi connectivity index (χ0v) is 13.7. The molecule has 0 fully saturated rings. The molecule has 6 heteroatoms. The van der Waals surface area contributed by atoms with E-state index in [-0.39, 0.29) is 12.3 Å². The molecule has 2 N–H and O–H groups in total. The zero-order chi connectivity index (χ0) is 17.2. The SMILES string of the molecule is COC(=O)c1ccc2c(c1)N=C(N)CC(C(=O)OC(C)(C)C)=C2. The molecule has 0 aromatic heterocycles. The van der Waals surface area contributed by atoms with Crippen molar-refractivity contribution in [2.45, 2.75) is 32.8 Å². The number of hydrogen-bond acceptors (Lipinski definition) is 6. The summed E-state index contributed by atoms with van der Waals surface area (Å²) in [4.78, 5) is 28.1. The molecule has 1 heterocycles. The number of fused-ring (bicyclic) bond motifs is 1. The van der Waals surface area contributed by atoms with Gasteiger partial charge in [0.2, 0.25) is 0 Å². The third-order valence-electron chi connectivity index (χ3n) is 3.08. The predicted molar refractivity (Wildman–Crippen MR) is 87.5 cm³/mol. The number of nitrogens with zero attached hydrogens (tertiary/aromatic N) is 1. The van der Waals surface area contributed by atoms with Crippen molar-refractivity contribution in [2.24, 2.45) is 10.7 Å². The molecular formula is C17H20N2O4. The van der Waals surface area contributed by atoms with E-state index in [1.54, 1.807) is 45.0 Å². The first-order chi connectivity index (χ1) is 10.7. The Hall–Kier alpha value is -2.63. The van der Waals surface area contributed by atoms with Crippen molar-refractivity contribution in [3.05, 3.63) is 34.9 Å². The van der Waals surface area contributed by atoms with E-state index in [9.17, 15) is 9.59 Å². The minimum Gasteiger partial charge on any atom is -0.465 e. The normalized spacial score (nSPS) is 14.1. The summed E-state index contributed by atoms with van der Waals surface area (Å²) in [5.41, 5.74) is 7.30. The summed E-state index contributed by atoms with van der Waals surface area (Å²) in [5.74, 6) is -0.606. The average molecular weight is 316 g/mol. The highest BCUT2D eigenvalue weighted by Gasteiger charge is 2.22. The number of ether oxygens (including phenoxy) is 2. The summed E-state index contributed by atoms with van der Waals surface area (Å²) < 4.78 is 10.1. The Balaban J connectivity index is 2.41. The lowest BCUT2D eigenvalue weighted by molar-refractivity contribution is -0.149. The molecule has 1 aliphatic rings. The van der Waals surface area contributed by atoms with Gasteiger partial charge in [0, 0.05) is 17.6 Å². The number of amidine groups is 1. The van der Waals surface area contributed by atoms with Crippen LogP contribution in [0.3, 0.4) is 0 Å². The van der Waals surface area contributed by atoms with Gasteiger partial charge in [0.05, 0.1) is 18.4 Å². The average Bonchev–Trinajstić information content (AvgIpc) is 2.61. The molecule has 1 aromatic rings. The van der Waals surface area contributed by atoms with Crippen molar-refractivity contribution in [1.29, 1.82) is 0 Å². The van der Waals surface area contributed by atoms with Crippen molar-refractivity contribution in [3.8, 4) is 0 Å². The number of esters is 2. The molecule has 122 valence electrons. The lowest BCUT2D eigenvalue weighted by Crippen LogP contribution is -2.26. The Labute approximate surface area is 135 Å². The minimum absolute atomic E-state index is 0.192. The number of carbonyl (C=O) groups excluding carboxylic acids is 2. The van der Waals surface area contributed by atoms with E-state index in [1.807, 2.05) is 0 Å². The molecule has 0 aliphatic carbocycles. The Bertz CT molecular complexity index is 712. The zero-order valence-electron chi connectivity index (χ0n) is 13.7. The summed E-state index contributed by atoms with van der Waals surface area (Å²) in [6.45, 7) is 5.41. The van der Waals surface area contributed by atoms with Gasteiger partial charge < -0.3 is 15.2 Å². The maximum Gasteiger partial charge on any atom is 0.337 e. The van der Waals surface area contributed by atoms with Crippen LogP contribution in [0.1, 0.15) is 43.1 Å². The molecular weight excluding hydrogens is 296 g/mol. The fourth-order valence-electron chi connectivity index (χ4n) is 2.11. The number of nitrogens with two attached hydrogens (primary N) is 1. The molecule has 2 rings (SSSR count). The van der Waals surface area contributed by atoms with E-state index >= 15 is 0 Å². The Kier molecular flexibility index (Phi) is 4.54. The van der Waals surface area contributed by atoms with Crippen LogP contribution in [-0.4, -0.2) is 30.5 Å². The Morgan fingerprint density at radius 1 is 1.22 bits per heavy atom. The highest BCUT2D eigenvalue weighted by atomic mass is 16.6. The van der Waals surface area contributed by atoms with Crippen LogP contribution < -0.4 is 5.73 Å². The molecule has 0 bridgehead atoms. The lowest BCUT2D eigenvalue weighted by Gasteiger charge is -2.20. The molecule has 0 amide bonds. The molecule has 0 radical (unpaired) electrons. The Morgan fingerprint density at radius 2 is 1.91 bits per heavy atom. The van der Waals surface area contributed by atoms with E-state index in [4.69, 9.17) is 15.2 Å². The van der Waals surface area contributed by atoms with Gasteiger partial charge in [0.15, 0.2) is 0 Å². The fraction of sp³-hybridized carbons (Fsp3) is 0.353. The lowest BCUT2D eigenvalue weighted by atomic mass is 10.1. The second-order valence-corrected chi connectivity index (χ2v) is 6.22. The topological polar surface area (TPSA) is 91.0 Å². The van der Waals surface area contributed by atoms with Crippen LogP contribution in [0.25, 0.3) is 6.08 Å². The highest BCUT2D eigenvalue weighted by Crippen LogP contribution is 2.28. The van der Waals surface area contributed by atoms with Gasteiger partial charge in [-0.2, -0.15) is 0 Å². The van der Waals surface area contributed by atoms with E-state index < -0.39 is 17.5 Å². The second-order valence-electron chi connectivity index (χ2n) is 6.22. The molecule has 0 unspecified atom stereocenters. The molecule has 0 saturated carbocycles. The second kappa shape index (κ2) is 6.24. The molecule has 6 nitrogen and oxygen atoms in total. The van der Waals surface area contributed by atoms with Crippen LogP contribution in [0.5, 0.6) is 0 Å². The molecule has 23 heavy (non-hydrogen) atoms. The minimum atomic E-state index is -0.590. The van der Waals surface area contributed by atoms with Crippen LogP contribution in [0.2, 0.25) is 0 Å².